The normalized spacial score (nSPS) is 10.3. The summed E-state index contributed by atoms with van der Waals surface area (Å²) in [7, 11) is 0. The highest BCUT2D eigenvalue weighted by Crippen LogP contribution is 2.18. The number of rotatable bonds is 1. The van der Waals surface area contributed by atoms with Gasteiger partial charge in [0, 0.05) is 0 Å². The topological polar surface area (TPSA) is 83.6 Å². The van der Waals surface area contributed by atoms with E-state index in [0.29, 0.717) is 11.6 Å². The van der Waals surface area contributed by atoms with Gasteiger partial charge in [-0.25, -0.2) is 0 Å². The average Bonchev–Trinajstić information content (AvgIpc) is 2.58. The Hall–Kier alpha value is -1.84. The molecule has 0 atom stereocenters. The highest BCUT2D eigenvalue weighted by Gasteiger charge is 2.00. The van der Waals surface area contributed by atoms with Crippen molar-refractivity contribution in [3.63, 3.8) is 0 Å². The van der Waals surface area contributed by atoms with Crippen LogP contribution in [0.2, 0.25) is 0 Å². The molecule has 4 heteroatoms. The van der Waals surface area contributed by atoms with Crippen LogP contribution in [-0.4, -0.2) is 9.97 Å². The second-order valence-corrected chi connectivity index (χ2v) is 2.65. The van der Waals surface area contributed by atoms with Crippen molar-refractivity contribution in [1.29, 1.82) is 0 Å². The summed E-state index contributed by atoms with van der Waals surface area (Å²) in [4.78, 5) is 5.99. The zero-order valence-electron chi connectivity index (χ0n) is 6.46. The first-order valence-electron chi connectivity index (χ1n) is 3.65. The van der Waals surface area contributed by atoms with Gasteiger partial charge in [0.2, 0.25) is 0 Å². The Balaban J connectivity index is 2.43. The number of nitrogens with one attached hydrogen (secondary N) is 2. The van der Waals surface area contributed by atoms with Gasteiger partial charge in [0.25, 0.3) is 0 Å². The van der Waals surface area contributed by atoms with Crippen LogP contribution in [0.1, 0.15) is 0 Å². The third-order valence-corrected chi connectivity index (χ3v) is 1.71. The lowest BCUT2D eigenvalue weighted by Gasteiger charge is -1.91. The molecule has 0 bridgehead atoms. The summed E-state index contributed by atoms with van der Waals surface area (Å²) in [5.74, 6) is 1.30. The molecule has 4 nitrogen and oxygen atoms in total. The van der Waals surface area contributed by atoms with Crippen LogP contribution in [0.5, 0.6) is 0 Å². The molecule has 12 heavy (non-hydrogen) atoms. The molecule has 6 N–H and O–H groups in total. The lowest BCUT2D eigenvalue weighted by atomic mass is 10.3. The second kappa shape index (κ2) is 2.34. The van der Waals surface area contributed by atoms with Crippen molar-refractivity contribution >= 4 is 11.6 Å². The van der Waals surface area contributed by atoms with E-state index in [1.165, 1.54) is 0 Å². The van der Waals surface area contributed by atoms with Gasteiger partial charge in [0.1, 0.15) is 11.6 Å². The Morgan fingerprint density at radius 3 is 1.42 bits per heavy atom. The fraction of sp³-hybridized carbons (Fsp3) is 0. The second-order valence-electron chi connectivity index (χ2n) is 2.65. The van der Waals surface area contributed by atoms with E-state index in [9.17, 15) is 0 Å². The molecule has 0 saturated carbocycles. The lowest BCUT2D eigenvalue weighted by molar-refractivity contribution is 1.33. The SMILES string of the molecule is Nc1ccc(-c2ccc(N)[nH]2)[nH]1. The number of H-pyrrole nitrogens is 2. The molecule has 0 amide bonds. The van der Waals surface area contributed by atoms with Gasteiger partial charge in [-0.15, -0.1) is 0 Å². The van der Waals surface area contributed by atoms with Gasteiger partial charge >= 0.3 is 0 Å². The fourth-order valence-electron chi connectivity index (χ4n) is 1.14. The summed E-state index contributed by atoms with van der Waals surface area (Å²) >= 11 is 0. The molecule has 2 aromatic rings. The van der Waals surface area contributed by atoms with Gasteiger partial charge in [-0.1, -0.05) is 0 Å². The Kier molecular flexibility index (Phi) is 1.33. The maximum atomic E-state index is 5.52. The molecular formula is C8H10N4. The van der Waals surface area contributed by atoms with Crippen molar-refractivity contribution in [3.8, 4) is 11.4 Å². The van der Waals surface area contributed by atoms with Crippen LogP contribution in [-0.2, 0) is 0 Å². The Bertz CT molecular complexity index is 347. The van der Waals surface area contributed by atoms with Crippen molar-refractivity contribution in [2.75, 3.05) is 11.5 Å². The minimum absolute atomic E-state index is 0.651. The van der Waals surface area contributed by atoms with Crippen LogP contribution in [0.3, 0.4) is 0 Å². The highest BCUT2D eigenvalue weighted by molar-refractivity contribution is 5.61. The third-order valence-electron chi connectivity index (χ3n) is 1.71. The number of anilines is 2. The monoisotopic (exact) mass is 162 g/mol. The maximum absolute atomic E-state index is 5.52. The average molecular weight is 162 g/mol. The van der Waals surface area contributed by atoms with Crippen LogP contribution in [0.4, 0.5) is 11.6 Å². The fourth-order valence-corrected chi connectivity index (χ4v) is 1.14. The van der Waals surface area contributed by atoms with E-state index in [1.54, 1.807) is 0 Å². The summed E-state index contributed by atoms with van der Waals surface area (Å²) in [6.07, 6.45) is 0. The van der Waals surface area contributed by atoms with Crippen molar-refractivity contribution in [2.24, 2.45) is 0 Å². The molecule has 0 saturated heterocycles. The number of hydrogen-bond acceptors (Lipinski definition) is 2. The van der Waals surface area contributed by atoms with Crippen LogP contribution in [0, 0.1) is 0 Å². The molecular weight excluding hydrogens is 152 g/mol. The van der Waals surface area contributed by atoms with Gasteiger partial charge < -0.3 is 21.4 Å². The predicted octanol–water partition coefficient (Wildman–Crippen LogP) is 1.17. The van der Waals surface area contributed by atoms with Crippen LogP contribution < -0.4 is 11.5 Å². The van der Waals surface area contributed by atoms with E-state index in [0.717, 1.165) is 11.4 Å². The van der Waals surface area contributed by atoms with Gasteiger partial charge in [0.15, 0.2) is 0 Å². The smallest absolute Gasteiger partial charge is 0.101 e. The van der Waals surface area contributed by atoms with Gasteiger partial charge in [-0.2, -0.15) is 0 Å². The molecule has 0 fully saturated rings. The molecule has 62 valence electrons. The molecule has 2 rings (SSSR count). The number of nitrogens with two attached hydrogens (primary N) is 2. The standard InChI is InChI=1S/C8H10N4/c9-7-3-1-5(11-7)6-2-4-8(10)12-6/h1-4,11-12H,9-10H2. The first kappa shape index (κ1) is 6.84. The van der Waals surface area contributed by atoms with Crippen molar-refractivity contribution in [3.05, 3.63) is 24.3 Å². The van der Waals surface area contributed by atoms with E-state index >= 15 is 0 Å². The van der Waals surface area contributed by atoms with E-state index < -0.39 is 0 Å². The largest absolute Gasteiger partial charge is 0.385 e. The Morgan fingerprint density at radius 2 is 1.17 bits per heavy atom. The molecule has 2 heterocycles. The lowest BCUT2D eigenvalue weighted by Crippen LogP contribution is -1.85. The molecule has 0 aliphatic rings. The molecule has 2 aromatic heterocycles. The Labute approximate surface area is 69.6 Å². The summed E-state index contributed by atoms with van der Waals surface area (Å²) < 4.78 is 0. The number of hydrogen-bond donors (Lipinski definition) is 4. The molecule has 0 aliphatic carbocycles. The quantitative estimate of drug-likeness (QED) is 0.507. The van der Waals surface area contributed by atoms with E-state index in [2.05, 4.69) is 9.97 Å². The van der Waals surface area contributed by atoms with Gasteiger partial charge in [-0.3, -0.25) is 0 Å². The molecule has 0 aromatic carbocycles. The van der Waals surface area contributed by atoms with E-state index in [-0.39, 0.29) is 0 Å². The summed E-state index contributed by atoms with van der Waals surface area (Å²) in [5, 5.41) is 0. The summed E-state index contributed by atoms with van der Waals surface area (Å²) in [5.41, 5.74) is 12.9. The molecule has 0 radical (unpaired) electrons. The first-order valence-corrected chi connectivity index (χ1v) is 3.65. The molecule has 0 unspecified atom stereocenters. The third kappa shape index (κ3) is 1.03. The van der Waals surface area contributed by atoms with Crippen LogP contribution >= 0.6 is 0 Å². The number of nitrogen functional groups attached to an aromatic ring is 2. The first-order chi connectivity index (χ1) is 5.75. The van der Waals surface area contributed by atoms with E-state index in [4.69, 9.17) is 11.5 Å². The van der Waals surface area contributed by atoms with Crippen molar-refractivity contribution in [1.82, 2.24) is 9.97 Å². The highest BCUT2D eigenvalue weighted by atomic mass is 14.9. The predicted molar refractivity (Wildman–Crippen MR) is 49.4 cm³/mol. The van der Waals surface area contributed by atoms with Crippen molar-refractivity contribution in [2.45, 2.75) is 0 Å². The molecule has 0 aliphatic heterocycles. The van der Waals surface area contributed by atoms with Crippen molar-refractivity contribution < 1.29 is 0 Å². The van der Waals surface area contributed by atoms with E-state index in [1.807, 2.05) is 24.3 Å². The number of aromatic amines is 2. The minimum Gasteiger partial charge on any atom is -0.385 e. The Morgan fingerprint density at radius 1 is 0.750 bits per heavy atom. The van der Waals surface area contributed by atoms with Crippen LogP contribution in [0.25, 0.3) is 11.4 Å². The summed E-state index contributed by atoms with van der Waals surface area (Å²) in [6.45, 7) is 0. The van der Waals surface area contributed by atoms with Crippen LogP contribution in [0.15, 0.2) is 24.3 Å². The van der Waals surface area contributed by atoms with Gasteiger partial charge in [-0.05, 0) is 24.3 Å². The number of aromatic nitrogens is 2. The van der Waals surface area contributed by atoms with Gasteiger partial charge in [0.05, 0.1) is 11.4 Å². The zero-order valence-corrected chi connectivity index (χ0v) is 6.46. The summed E-state index contributed by atoms with van der Waals surface area (Å²) in [6, 6.07) is 7.43. The molecule has 0 spiro atoms. The minimum atomic E-state index is 0.651. The zero-order chi connectivity index (χ0) is 8.55. The maximum Gasteiger partial charge on any atom is 0.101 e.